The number of alkyl carbamates (subject to hydrolysis) is 1. The van der Waals surface area contributed by atoms with Crippen LogP contribution in [0.25, 0.3) is 0 Å². The van der Waals surface area contributed by atoms with Crippen molar-refractivity contribution in [2.75, 3.05) is 13.2 Å². The van der Waals surface area contributed by atoms with Crippen LogP contribution in [0.15, 0.2) is 24.3 Å². The molecule has 1 unspecified atom stereocenters. The summed E-state index contributed by atoms with van der Waals surface area (Å²) in [5.41, 5.74) is -0.597. The third-order valence-corrected chi connectivity index (χ3v) is 3.78. The number of hydrogen-bond acceptors (Lipinski definition) is 5. The van der Waals surface area contributed by atoms with E-state index in [1.165, 1.54) is 6.07 Å². The molecule has 0 aliphatic rings. The SMILES string of the molecule is CC(C)(C)OC(=O)NCCOP(=O)(Cl)Oc1ccccc1Cl. The second kappa shape index (κ2) is 8.06. The Morgan fingerprint density at radius 2 is 1.95 bits per heavy atom. The molecule has 1 rings (SSSR count). The van der Waals surface area contributed by atoms with Gasteiger partial charge in [-0.2, -0.15) is 0 Å². The quantitative estimate of drug-likeness (QED) is 0.585. The standard InChI is InChI=1S/C13H18Cl2NO5P/c1-13(2,3)20-12(17)16-8-9-19-22(15,18)21-11-7-5-4-6-10(11)14/h4-7H,8-9H2,1-3H3,(H,16,17). The number of nitrogens with one attached hydrogen (secondary N) is 1. The van der Waals surface area contributed by atoms with Gasteiger partial charge in [0, 0.05) is 17.8 Å². The number of ether oxygens (including phenoxy) is 1. The molecular formula is C13H18Cl2NO5P. The number of carbonyl (C=O) groups excluding carboxylic acids is 1. The molecule has 6 nitrogen and oxygen atoms in total. The van der Waals surface area contributed by atoms with Crippen molar-refractivity contribution in [1.82, 2.24) is 5.32 Å². The van der Waals surface area contributed by atoms with Crippen LogP contribution < -0.4 is 9.84 Å². The van der Waals surface area contributed by atoms with Gasteiger partial charge in [-0.25, -0.2) is 9.36 Å². The van der Waals surface area contributed by atoms with E-state index in [-0.39, 0.29) is 23.9 Å². The number of benzene rings is 1. The molecule has 0 heterocycles. The zero-order valence-corrected chi connectivity index (χ0v) is 14.9. The minimum absolute atomic E-state index is 0.0670. The number of rotatable bonds is 6. The van der Waals surface area contributed by atoms with E-state index in [1.807, 2.05) is 0 Å². The summed E-state index contributed by atoms with van der Waals surface area (Å²) in [6.07, 6.45) is -0.604. The molecule has 0 aliphatic heterocycles. The van der Waals surface area contributed by atoms with Crippen LogP contribution in [-0.2, 0) is 13.8 Å². The summed E-state index contributed by atoms with van der Waals surface area (Å²) in [7, 11) is 0. The molecule has 0 fully saturated rings. The van der Waals surface area contributed by atoms with Gasteiger partial charge in [-0.15, -0.1) is 0 Å². The Morgan fingerprint density at radius 3 is 2.55 bits per heavy atom. The molecule has 0 aliphatic carbocycles. The van der Waals surface area contributed by atoms with Crippen molar-refractivity contribution in [2.24, 2.45) is 0 Å². The molecule has 1 N–H and O–H groups in total. The minimum atomic E-state index is -3.85. The van der Waals surface area contributed by atoms with Crippen LogP contribution in [0.5, 0.6) is 5.75 Å². The predicted molar refractivity (Wildman–Crippen MR) is 85.7 cm³/mol. The van der Waals surface area contributed by atoms with E-state index in [1.54, 1.807) is 39.0 Å². The van der Waals surface area contributed by atoms with Gasteiger partial charge in [-0.3, -0.25) is 4.52 Å². The van der Waals surface area contributed by atoms with Crippen molar-refractivity contribution in [2.45, 2.75) is 26.4 Å². The fourth-order valence-corrected chi connectivity index (χ4v) is 2.70. The maximum atomic E-state index is 11.9. The highest BCUT2D eigenvalue weighted by atomic mass is 35.7. The maximum absolute atomic E-state index is 11.9. The first-order chi connectivity index (χ1) is 10.1. The normalized spacial score (nSPS) is 14.0. The molecule has 1 aromatic rings. The van der Waals surface area contributed by atoms with E-state index in [4.69, 9.17) is 36.6 Å². The van der Waals surface area contributed by atoms with Crippen LogP contribution in [0.1, 0.15) is 20.8 Å². The summed E-state index contributed by atoms with van der Waals surface area (Å²) < 4.78 is 26.9. The largest absolute Gasteiger partial charge is 0.476 e. The van der Waals surface area contributed by atoms with E-state index in [0.717, 1.165) is 0 Å². The van der Waals surface area contributed by atoms with Crippen LogP contribution in [0.2, 0.25) is 5.02 Å². The molecule has 22 heavy (non-hydrogen) atoms. The van der Waals surface area contributed by atoms with E-state index in [2.05, 4.69) is 5.32 Å². The zero-order valence-electron chi connectivity index (χ0n) is 12.5. The van der Waals surface area contributed by atoms with Gasteiger partial charge < -0.3 is 14.6 Å². The number of carbonyl (C=O) groups is 1. The third kappa shape index (κ3) is 7.90. The average molecular weight is 370 g/mol. The Morgan fingerprint density at radius 1 is 1.32 bits per heavy atom. The van der Waals surface area contributed by atoms with Crippen LogP contribution in [-0.4, -0.2) is 24.8 Å². The van der Waals surface area contributed by atoms with Gasteiger partial charge in [-0.1, -0.05) is 23.7 Å². The summed E-state index contributed by atoms with van der Waals surface area (Å²) in [6, 6.07) is 6.43. The number of para-hydroxylation sites is 1. The summed E-state index contributed by atoms with van der Waals surface area (Å²) in [4.78, 5) is 11.4. The Labute approximate surface area is 139 Å². The molecule has 0 saturated heterocycles. The first kappa shape index (κ1) is 19.1. The van der Waals surface area contributed by atoms with Gasteiger partial charge in [0.25, 0.3) is 0 Å². The van der Waals surface area contributed by atoms with Crippen molar-refractivity contribution in [3.63, 3.8) is 0 Å². The lowest BCUT2D eigenvalue weighted by Crippen LogP contribution is -2.34. The Kier molecular flexibility index (Phi) is 7.00. The second-order valence-corrected chi connectivity index (χ2v) is 8.17. The lowest BCUT2D eigenvalue weighted by Gasteiger charge is -2.19. The first-order valence-corrected chi connectivity index (χ1v) is 9.27. The van der Waals surface area contributed by atoms with E-state index >= 15 is 0 Å². The van der Waals surface area contributed by atoms with Gasteiger partial charge in [0.2, 0.25) is 0 Å². The van der Waals surface area contributed by atoms with Gasteiger partial charge in [0.1, 0.15) is 11.4 Å². The smallest absolute Gasteiger partial charge is 0.444 e. The average Bonchev–Trinajstić information content (AvgIpc) is 2.35. The number of hydrogen-bond donors (Lipinski definition) is 1. The topological polar surface area (TPSA) is 73.9 Å². The minimum Gasteiger partial charge on any atom is -0.444 e. The number of halogens is 2. The molecule has 124 valence electrons. The van der Waals surface area contributed by atoms with Crippen LogP contribution in [0.3, 0.4) is 0 Å². The summed E-state index contributed by atoms with van der Waals surface area (Å²) >= 11 is 11.5. The van der Waals surface area contributed by atoms with E-state index in [9.17, 15) is 9.36 Å². The fourth-order valence-electron chi connectivity index (χ4n) is 1.28. The molecule has 0 spiro atoms. The highest BCUT2D eigenvalue weighted by Crippen LogP contribution is 2.54. The Balaban J connectivity index is 2.36. The zero-order chi connectivity index (χ0) is 16.8. The molecule has 1 aromatic carbocycles. The molecular weight excluding hydrogens is 352 g/mol. The van der Waals surface area contributed by atoms with Crippen molar-refractivity contribution in [1.29, 1.82) is 0 Å². The van der Waals surface area contributed by atoms with Crippen LogP contribution in [0, 0.1) is 0 Å². The van der Waals surface area contributed by atoms with Crippen LogP contribution >= 0.6 is 29.8 Å². The molecule has 0 radical (unpaired) electrons. The fraction of sp³-hybridized carbons (Fsp3) is 0.462. The van der Waals surface area contributed by atoms with Gasteiger partial charge in [0.05, 0.1) is 11.6 Å². The molecule has 1 amide bonds. The summed E-state index contributed by atoms with van der Waals surface area (Å²) in [5, 5.41) is 2.70. The summed E-state index contributed by atoms with van der Waals surface area (Å²) in [5.74, 6) is 0.155. The van der Waals surface area contributed by atoms with Crippen molar-refractivity contribution in [3.05, 3.63) is 29.3 Å². The second-order valence-electron chi connectivity index (χ2n) is 5.21. The molecule has 9 heteroatoms. The molecule has 0 bridgehead atoms. The summed E-state index contributed by atoms with van der Waals surface area (Å²) in [6.45, 7) is 1.34. The first-order valence-electron chi connectivity index (χ1n) is 6.44. The maximum Gasteiger partial charge on any atom is 0.476 e. The lowest BCUT2D eigenvalue weighted by atomic mass is 10.2. The highest BCUT2D eigenvalue weighted by molar-refractivity contribution is 7.81. The monoisotopic (exact) mass is 369 g/mol. The van der Waals surface area contributed by atoms with Crippen LogP contribution in [0.4, 0.5) is 4.79 Å². The van der Waals surface area contributed by atoms with Gasteiger partial charge in [0.15, 0.2) is 0 Å². The molecule has 0 saturated carbocycles. The van der Waals surface area contributed by atoms with Crippen molar-refractivity contribution < 1.29 is 23.1 Å². The highest BCUT2D eigenvalue weighted by Gasteiger charge is 2.24. The Bertz CT molecular complexity index is 562. The molecule has 0 aromatic heterocycles. The van der Waals surface area contributed by atoms with Crippen molar-refractivity contribution in [3.8, 4) is 5.75 Å². The van der Waals surface area contributed by atoms with Gasteiger partial charge in [-0.05, 0) is 32.9 Å². The van der Waals surface area contributed by atoms with E-state index < -0.39 is 18.6 Å². The number of amides is 1. The predicted octanol–water partition coefficient (Wildman–Crippen LogP) is 4.61. The Hall–Kier alpha value is -0.940. The van der Waals surface area contributed by atoms with Gasteiger partial charge >= 0.3 is 13.0 Å². The van der Waals surface area contributed by atoms with E-state index in [0.29, 0.717) is 0 Å². The lowest BCUT2D eigenvalue weighted by molar-refractivity contribution is 0.0519. The van der Waals surface area contributed by atoms with Crippen molar-refractivity contribution >= 4 is 35.9 Å². The molecule has 1 atom stereocenters. The third-order valence-electron chi connectivity index (χ3n) is 2.06.